The van der Waals surface area contributed by atoms with E-state index in [1.54, 1.807) is 0 Å². The quantitative estimate of drug-likeness (QED) is 0.215. The van der Waals surface area contributed by atoms with Crippen molar-refractivity contribution in [1.82, 2.24) is 4.90 Å². The molecule has 2 aliphatic heterocycles. The molecule has 0 radical (unpaired) electrons. The summed E-state index contributed by atoms with van der Waals surface area (Å²) in [7, 11) is 0. The van der Waals surface area contributed by atoms with Gasteiger partial charge in [-0.1, -0.05) is 24.0 Å². The molecule has 28 heavy (non-hydrogen) atoms. The summed E-state index contributed by atoms with van der Waals surface area (Å²) in [6.45, 7) is -0.630. The first-order valence-electron chi connectivity index (χ1n) is 8.06. The molecule has 150 valence electrons. The molecule has 0 saturated carbocycles. The van der Waals surface area contributed by atoms with Crippen LogP contribution in [0, 0.1) is 10.1 Å². The summed E-state index contributed by atoms with van der Waals surface area (Å²) in [5.74, 6) is -0.599. The molecule has 2 fully saturated rings. The van der Waals surface area contributed by atoms with Crippen LogP contribution in [0.5, 0.6) is 0 Å². The molecule has 1 amide bonds. The Bertz CT molecular complexity index is 828. The summed E-state index contributed by atoms with van der Waals surface area (Å²) in [6, 6.07) is 5.53. The third kappa shape index (κ3) is 3.80. The van der Waals surface area contributed by atoms with E-state index < -0.39 is 48.1 Å². The smallest absolute Gasteiger partial charge is 0.269 e. The van der Waals surface area contributed by atoms with Gasteiger partial charge in [0.15, 0.2) is 10.5 Å². The molecule has 0 aliphatic carbocycles. The van der Waals surface area contributed by atoms with E-state index in [9.17, 15) is 35.3 Å². The average molecular weight is 428 g/mol. The van der Waals surface area contributed by atoms with Crippen molar-refractivity contribution in [3.05, 3.63) is 44.8 Å². The van der Waals surface area contributed by atoms with Crippen molar-refractivity contribution in [2.75, 3.05) is 6.61 Å². The first-order valence-corrected chi connectivity index (χ1v) is 9.29. The lowest BCUT2D eigenvalue weighted by Crippen LogP contribution is -2.63. The number of amides is 1. The summed E-state index contributed by atoms with van der Waals surface area (Å²) in [5.41, 5.74) is 0.436. The van der Waals surface area contributed by atoms with Crippen molar-refractivity contribution < 1.29 is 34.9 Å². The van der Waals surface area contributed by atoms with E-state index in [1.807, 2.05) is 0 Å². The molecule has 10 nitrogen and oxygen atoms in total. The van der Waals surface area contributed by atoms with Crippen LogP contribution in [-0.2, 0) is 9.53 Å². The van der Waals surface area contributed by atoms with Crippen LogP contribution in [0.2, 0.25) is 0 Å². The number of hydrogen-bond donors (Lipinski definition) is 4. The van der Waals surface area contributed by atoms with E-state index in [1.165, 1.54) is 30.3 Å². The SMILES string of the molecule is O=C1/C(=C\c2ccc([N+](=O)[O-])cc2)SC(=S)N1[C@@H]1O[C@@H](CO)[C@@H](O)[C@@H](O)[C@H]1O. The highest BCUT2D eigenvalue weighted by molar-refractivity contribution is 8.26. The number of non-ortho nitro benzene ring substituents is 1. The highest BCUT2D eigenvalue weighted by atomic mass is 32.2. The number of ether oxygens (including phenoxy) is 1. The maximum absolute atomic E-state index is 12.8. The minimum Gasteiger partial charge on any atom is -0.394 e. The lowest BCUT2D eigenvalue weighted by atomic mass is 9.98. The van der Waals surface area contributed by atoms with Crippen molar-refractivity contribution >= 4 is 46.0 Å². The highest BCUT2D eigenvalue weighted by Gasteiger charge is 2.50. The Balaban J connectivity index is 1.84. The van der Waals surface area contributed by atoms with Crippen LogP contribution >= 0.6 is 24.0 Å². The van der Waals surface area contributed by atoms with Gasteiger partial charge in [0.25, 0.3) is 11.6 Å². The Labute approximate surface area is 168 Å². The van der Waals surface area contributed by atoms with Gasteiger partial charge in [-0.2, -0.15) is 0 Å². The maximum atomic E-state index is 12.8. The number of hydrogen-bond acceptors (Lipinski definition) is 10. The lowest BCUT2D eigenvalue weighted by molar-refractivity contribution is -0.384. The van der Waals surface area contributed by atoms with Crippen LogP contribution in [0.25, 0.3) is 6.08 Å². The van der Waals surface area contributed by atoms with E-state index >= 15 is 0 Å². The van der Waals surface area contributed by atoms with Crippen LogP contribution in [0.4, 0.5) is 5.69 Å². The Morgan fingerprint density at radius 2 is 1.86 bits per heavy atom. The standard InChI is InChI=1S/C16H16N2O8S2/c19-6-9-11(20)12(21)13(22)15(26-9)17-14(23)10(28-16(17)27)5-7-1-3-8(4-2-7)18(24)25/h1-5,9,11-13,15,19-22H,6H2/b10-5+/t9-,11+,12+,13+,15+/m0/s1. The van der Waals surface area contributed by atoms with Crippen LogP contribution in [0.3, 0.4) is 0 Å². The molecule has 0 aromatic heterocycles. The molecule has 0 spiro atoms. The number of thiocarbonyl (C=S) groups is 1. The second-order valence-corrected chi connectivity index (χ2v) is 7.80. The van der Waals surface area contributed by atoms with Gasteiger partial charge >= 0.3 is 0 Å². The first-order chi connectivity index (χ1) is 13.2. The number of rotatable bonds is 4. The Morgan fingerprint density at radius 1 is 1.21 bits per heavy atom. The number of aliphatic hydroxyl groups excluding tert-OH is 4. The van der Waals surface area contributed by atoms with E-state index in [-0.39, 0.29) is 14.9 Å². The summed E-state index contributed by atoms with van der Waals surface area (Å²) in [6.07, 6.45) is -5.91. The monoisotopic (exact) mass is 428 g/mol. The topological polar surface area (TPSA) is 154 Å². The van der Waals surface area contributed by atoms with Gasteiger partial charge in [-0.25, -0.2) is 0 Å². The molecule has 12 heteroatoms. The van der Waals surface area contributed by atoms with Crippen LogP contribution in [-0.4, -0.2) is 77.7 Å². The second kappa shape index (κ2) is 8.21. The molecule has 0 bridgehead atoms. The Kier molecular flexibility index (Phi) is 6.09. The molecule has 2 aliphatic rings. The zero-order valence-corrected chi connectivity index (χ0v) is 15.7. The Hall–Kier alpha value is -1.93. The molecule has 2 saturated heterocycles. The van der Waals surface area contributed by atoms with E-state index in [2.05, 4.69) is 0 Å². The van der Waals surface area contributed by atoms with Crippen molar-refractivity contribution in [1.29, 1.82) is 0 Å². The molecule has 4 N–H and O–H groups in total. The largest absolute Gasteiger partial charge is 0.394 e. The number of nitro groups is 1. The first kappa shape index (κ1) is 20.8. The maximum Gasteiger partial charge on any atom is 0.269 e. The van der Waals surface area contributed by atoms with Gasteiger partial charge in [-0.3, -0.25) is 19.8 Å². The number of thioether (sulfide) groups is 1. The van der Waals surface area contributed by atoms with Gasteiger partial charge in [0, 0.05) is 12.1 Å². The number of nitro benzene ring substituents is 1. The fourth-order valence-corrected chi connectivity index (χ4v) is 4.15. The van der Waals surface area contributed by atoms with Crippen molar-refractivity contribution in [2.24, 2.45) is 0 Å². The molecule has 5 atom stereocenters. The fraction of sp³-hybridized carbons (Fsp3) is 0.375. The van der Waals surface area contributed by atoms with Gasteiger partial charge in [0.05, 0.1) is 16.4 Å². The number of nitrogens with zero attached hydrogens (tertiary/aromatic N) is 2. The predicted octanol–water partition coefficient (Wildman–Crippen LogP) is -0.404. The summed E-state index contributed by atoms with van der Waals surface area (Å²) in [5, 5.41) is 50.0. The van der Waals surface area contributed by atoms with E-state index in [0.29, 0.717) is 5.56 Å². The zero-order chi connectivity index (χ0) is 20.6. The summed E-state index contributed by atoms with van der Waals surface area (Å²) < 4.78 is 5.45. The predicted molar refractivity (Wildman–Crippen MR) is 102 cm³/mol. The van der Waals surface area contributed by atoms with Crippen LogP contribution in [0.15, 0.2) is 29.2 Å². The summed E-state index contributed by atoms with van der Waals surface area (Å²) >= 11 is 6.11. The van der Waals surface area contributed by atoms with Gasteiger partial charge in [-0.05, 0) is 23.8 Å². The van der Waals surface area contributed by atoms with Crippen molar-refractivity contribution in [2.45, 2.75) is 30.6 Å². The van der Waals surface area contributed by atoms with Crippen molar-refractivity contribution in [3.8, 4) is 0 Å². The number of benzene rings is 1. The molecular weight excluding hydrogens is 412 g/mol. The lowest BCUT2D eigenvalue weighted by Gasteiger charge is -2.42. The van der Waals surface area contributed by atoms with Gasteiger partial charge in [-0.15, -0.1) is 0 Å². The zero-order valence-electron chi connectivity index (χ0n) is 14.1. The molecule has 1 aromatic carbocycles. The van der Waals surface area contributed by atoms with Gasteiger partial charge < -0.3 is 25.2 Å². The fourth-order valence-electron chi connectivity index (χ4n) is 2.84. The van der Waals surface area contributed by atoms with Gasteiger partial charge in [0.2, 0.25) is 0 Å². The second-order valence-electron chi connectivity index (χ2n) is 6.12. The average Bonchev–Trinajstić information content (AvgIpc) is 2.94. The Morgan fingerprint density at radius 3 is 2.43 bits per heavy atom. The molecule has 1 aromatic rings. The number of carbonyl (C=O) groups is 1. The van der Waals surface area contributed by atoms with Crippen LogP contribution in [0.1, 0.15) is 5.56 Å². The van der Waals surface area contributed by atoms with E-state index in [0.717, 1.165) is 16.7 Å². The number of aliphatic hydroxyl groups is 4. The third-order valence-electron chi connectivity index (χ3n) is 4.35. The highest BCUT2D eigenvalue weighted by Crippen LogP contribution is 2.37. The minimum absolute atomic E-state index is 0.0579. The molecule has 0 unspecified atom stereocenters. The van der Waals surface area contributed by atoms with Crippen molar-refractivity contribution in [3.63, 3.8) is 0 Å². The van der Waals surface area contributed by atoms with Crippen LogP contribution < -0.4 is 0 Å². The van der Waals surface area contributed by atoms with E-state index in [4.69, 9.17) is 17.0 Å². The number of carbonyl (C=O) groups excluding carboxylic acids is 1. The van der Waals surface area contributed by atoms with Gasteiger partial charge in [0.1, 0.15) is 24.4 Å². The summed E-state index contributed by atoms with van der Waals surface area (Å²) in [4.78, 5) is 24.1. The minimum atomic E-state index is -1.64. The molecule has 2 heterocycles. The normalized spacial score (nSPS) is 32.2. The molecule has 3 rings (SSSR count). The molecular formula is C16H16N2O8S2. The third-order valence-corrected chi connectivity index (χ3v) is 5.68.